The molecular formula is C13H18F3NO. The van der Waals surface area contributed by atoms with Crippen LogP contribution in [0.15, 0.2) is 24.3 Å². The minimum atomic E-state index is -4.69. The summed E-state index contributed by atoms with van der Waals surface area (Å²) in [6, 6.07) is 5.59. The zero-order valence-corrected chi connectivity index (χ0v) is 10.5. The van der Waals surface area contributed by atoms with Crippen molar-refractivity contribution in [3.05, 3.63) is 29.8 Å². The molecule has 18 heavy (non-hydrogen) atoms. The minimum Gasteiger partial charge on any atom is -0.405 e. The van der Waals surface area contributed by atoms with Gasteiger partial charge in [0.15, 0.2) is 0 Å². The zero-order chi connectivity index (χ0) is 13.8. The second-order valence-corrected chi connectivity index (χ2v) is 4.66. The molecule has 2 N–H and O–H groups in total. The molecule has 2 nitrogen and oxygen atoms in total. The first-order valence-electron chi connectivity index (χ1n) is 5.90. The van der Waals surface area contributed by atoms with E-state index in [4.69, 9.17) is 5.73 Å². The summed E-state index contributed by atoms with van der Waals surface area (Å²) in [6.07, 6.45) is -3.19. The summed E-state index contributed by atoms with van der Waals surface area (Å²) >= 11 is 0. The van der Waals surface area contributed by atoms with Gasteiger partial charge in [-0.05, 0) is 24.8 Å². The Balaban J connectivity index is 2.81. The van der Waals surface area contributed by atoms with Crippen LogP contribution in [0.3, 0.4) is 0 Å². The molecule has 1 aromatic carbocycles. The van der Waals surface area contributed by atoms with Crippen molar-refractivity contribution in [2.75, 3.05) is 0 Å². The molecule has 1 rings (SSSR count). The lowest BCUT2D eigenvalue weighted by atomic mass is 9.98. The number of halogens is 3. The summed E-state index contributed by atoms with van der Waals surface area (Å²) in [7, 11) is 0. The summed E-state index contributed by atoms with van der Waals surface area (Å²) in [6.45, 7) is 4.09. The Bertz CT molecular complexity index is 377. The van der Waals surface area contributed by atoms with Crippen molar-refractivity contribution >= 4 is 0 Å². The molecular weight excluding hydrogens is 243 g/mol. The Kier molecular flexibility index (Phi) is 5.02. The van der Waals surface area contributed by atoms with E-state index < -0.39 is 12.4 Å². The van der Waals surface area contributed by atoms with Crippen LogP contribution in [0.1, 0.15) is 38.3 Å². The fourth-order valence-electron chi connectivity index (χ4n) is 1.67. The lowest BCUT2D eigenvalue weighted by Gasteiger charge is -2.18. The highest BCUT2D eigenvalue weighted by Gasteiger charge is 2.32. The zero-order valence-electron chi connectivity index (χ0n) is 10.5. The van der Waals surface area contributed by atoms with Crippen molar-refractivity contribution in [3.63, 3.8) is 0 Å². The number of hydrogen-bond acceptors (Lipinski definition) is 2. The Morgan fingerprint density at radius 2 is 1.78 bits per heavy atom. The topological polar surface area (TPSA) is 35.2 Å². The van der Waals surface area contributed by atoms with Crippen molar-refractivity contribution in [3.8, 4) is 5.75 Å². The first kappa shape index (κ1) is 14.8. The van der Waals surface area contributed by atoms with Crippen molar-refractivity contribution in [1.82, 2.24) is 0 Å². The van der Waals surface area contributed by atoms with Gasteiger partial charge in [-0.2, -0.15) is 0 Å². The lowest BCUT2D eigenvalue weighted by Crippen LogP contribution is -2.20. The van der Waals surface area contributed by atoms with Crippen LogP contribution in [0.5, 0.6) is 5.75 Å². The fourth-order valence-corrected chi connectivity index (χ4v) is 1.67. The highest BCUT2D eigenvalue weighted by molar-refractivity contribution is 5.35. The number of hydrogen-bond donors (Lipinski definition) is 1. The van der Waals surface area contributed by atoms with Crippen LogP contribution in [0, 0.1) is 5.92 Å². The second-order valence-electron chi connectivity index (χ2n) is 4.66. The van der Waals surface area contributed by atoms with Gasteiger partial charge in [0, 0.05) is 11.6 Å². The Labute approximate surface area is 105 Å². The summed E-state index contributed by atoms with van der Waals surface area (Å²) in [5, 5.41) is 0. The summed E-state index contributed by atoms with van der Waals surface area (Å²) < 4.78 is 40.7. The van der Waals surface area contributed by atoms with E-state index in [2.05, 4.69) is 4.74 Å². The van der Waals surface area contributed by atoms with E-state index in [1.54, 1.807) is 12.1 Å². The molecule has 0 saturated carbocycles. The van der Waals surface area contributed by atoms with E-state index >= 15 is 0 Å². The Morgan fingerprint density at radius 3 is 2.33 bits per heavy atom. The predicted octanol–water partition coefficient (Wildman–Crippen LogP) is 4.02. The lowest BCUT2D eigenvalue weighted by molar-refractivity contribution is -0.275. The second kappa shape index (κ2) is 6.09. The van der Waals surface area contributed by atoms with Crippen LogP contribution in [-0.4, -0.2) is 6.36 Å². The van der Waals surface area contributed by atoms with Gasteiger partial charge in [-0.3, -0.25) is 0 Å². The summed E-state index contributed by atoms with van der Waals surface area (Å²) in [4.78, 5) is 0. The van der Waals surface area contributed by atoms with E-state index in [1.807, 2.05) is 13.8 Å². The SMILES string of the molecule is CC(C)CC[C@H](N)c1ccccc1OC(F)(F)F. The van der Waals surface area contributed by atoms with Gasteiger partial charge < -0.3 is 10.5 Å². The summed E-state index contributed by atoms with van der Waals surface area (Å²) in [5.74, 6) is 0.257. The number of para-hydroxylation sites is 1. The molecule has 1 aromatic rings. The van der Waals surface area contributed by atoms with Gasteiger partial charge in [-0.15, -0.1) is 13.2 Å². The number of rotatable bonds is 5. The standard InChI is InChI=1S/C13H18F3NO/c1-9(2)7-8-11(17)10-5-3-4-6-12(10)18-13(14,15)16/h3-6,9,11H,7-8,17H2,1-2H3/t11-/m0/s1. The average molecular weight is 261 g/mol. The Morgan fingerprint density at radius 1 is 1.17 bits per heavy atom. The number of alkyl halides is 3. The van der Waals surface area contributed by atoms with Crippen molar-refractivity contribution < 1.29 is 17.9 Å². The molecule has 0 fully saturated rings. The maximum atomic E-state index is 12.2. The molecule has 5 heteroatoms. The van der Waals surface area contributed by atoms with E-state index in [9.17, 15) is 13.2 Å². The van der Waals surface area contributed by atoms with Crippen molar-refractivity contribution in [2.45, 2.75) is 39.1 Å². The van der Waals surface area contributed by atoms with Gasteiger partial charge in [0.05, 0.1) is 0 Å². The predicted molar refractivity (Wildman–Crippen MR) is 64.1 cm³/mol. The first-order chi connectivity index (χ1) is 8.29. The monoisotopic (exact) mass is 261 g/mol. The van der Waals surface area contributed by atoms with E-state index in [0.29, 0.717) is 17.9 Å². The smallest absolute Gasteiger partial charge is 0.405 e. The molecule has 0 radical (unpaired) electrons. The van der Waals surface area contributed by atoms with Crippen molar-refractivity contribution in [1.29, 1.82) is 0 Å². The van der Waals surface area contributed by atoms with Crippen LogP contribution < -0.4 is 10.5 Å². The third-order valence-electron chi connectivity index (χ3n) is 2.60. The third-order valence-corrected chi connectivity index (χ3v) is 2.60. The van der Waals surface area contributed by atoms with Crippen molar-refractivity contribution in [2.24, 2.45) is 11.7 Å². The molecule has 0 aliphatic rings. The summed E-state index contributed by atoms with van der Waals surface area (Å²) in [5.41, 5.74) is 6.31. The normalized spacial score (nSPS) is 13.7. The minimum absolute atomic E-state index is 0.207. The molecule has 0 heterocycles. The maximum absolute atomic E-state index is 12.2. The van der Waals surface area contributed by atoms with Gasteiger partial charge in [-0.1, -0.05) is 32.0 Å². The molecule has 102 valence electrons. The van der Waals surface area contributed by atoms with Crippen LogP contribution in [0.4, 0.5) is 13.2 Å². The molecule has 0 aliphatic heterocycles. The van der Waals surface area contributed by atoms with Crippen LogP contribution in [0.2, 0.25) is 0 Å². The van der Waals surface area contributed by atoms with Gasteiger partial charge in [0.25, 0.3) is 0 Å². The number of ether oxygens (including phenoxy) is 1. The van der Waals surface area contributed by atoms with Gasteiger partial charge in [-0.25, -0.2) is 0 Å². The molecule has 0 aliphatic carbocycles. The van der Waals surface area contributed by atoms with Crippen LogP contribution in [0.25, 0.3) is 0 Å². The number of nitrogens with two attached hydrogens (primary N) is 1. The van der Waals surface area contributed by atoms with Crippen LogP contribution >= 0.6 is 0 Å². The molecule has 0 bridgehead atoms. The largest absolute Gasteiger partial charge is 0.573 e. The molecule has 0 saturated heterocycles. The molecule has 1 atom stereocenters. The van der Waals surface area contributed by atoms with E-state index in [1.165, 1.54) is 12.1 Å². The van der Waals surface area contributed by atoms with E-state index in [-0.39, 0.29) is 5.75 Å². The fraction of sp³-hybridized carbons (Fsp3) is 0.538. The molecule has 0 spiro atoms. The van der Waals surface area contributed by atoms with E-state index in [0.717, 1.165) is 6.42 Å². The highest BCUT2D eigenvalue weighted by Crippen LogP contribution is 2.31. The molecule has 0 unspecified atom stereocenters. The van der Waals surface area contributed by atoms with Gasteiger partial charge in [0.1, 0.15) is 5.75 Å². The molecule has 0 aromatic heterocycles. The van der Waals surface area contributed by atoms with Gasteiger partial charge in [0.2, 0.25) is 0 Å². The highest BCUT2D eigenvalue weighted by atomic mass is 19.4. The average Bonchev–Trinajstić information content (AvgIpc) is 2.24. The third kappa shape index (κ3) is 4.96. The maximum Gasteiger partial charge on any atom is 0.573 e. The Hall–Kier alpha value is -1.23. The van der Waals surface area contributed by atoms with Crippen LogP contribution in [-0.2, 0) is 0 Å². The van der Waals surface area contributed by atoms with Gasteiger partial charge >= 0.3 is 6.36 Å². The molecule has 0 amide bonds. The first-order valence-corrected chi connectivity index (χ1v) is 5.90. The quantitative estimate of drug-likeness (QED) is 0.868. The number of benzene rings is 1.